The lowest BCUT2D eigenvalue weighted by Crippen LogP contribution is -2.34. The molecule has 0 bridgehead atoms. The summed E-state index contributed by atoms with van der Waals surface area (Å²) in [7, 11) is 0. The number of ether oxygens (including phenoxy) is 2. The standard InChI is InChI=1S/C24H20O8/c25-15-10-17(26)16-12-21(31-22(29)7-6-13-4-2-1-3-5-13)24(32-20(16)11-15)14-8-18(27)23(30)19(28)9-14/h1-11,21,24-28,30H,12H2. The molecule has 3 aromatic carbocycles. The van der Waals surface area contributed by atoms with E-state index in [2.05, 4.69) is 0 Å². The number of rotatable bonds is 4. The van der Waals surface area contributed by atoms with Crippen LogP contribution in [-0.4, -0.2) is 37.6 Å². The Morgan fingerprint density at radius 3 is 2.31 bits per heavy atom. The van der Waals surface area contributed by atoms with E-state index in [1.165, 1.54) is 24.3 Å². The molecule has 0 radical (unpaired) electrons. The maximum atomic E-state index is 12.5. The maximum absolute atomic E-state index is 12.5. The van der Waals surface area contributed by atoms with Crippen LogP contribution in [-0.2, 0) is 16.0 Å². The average Bonchev–Trinajstić information content (AvgIpc) is 2.76. The van der Waals surface area contributed by atoms with Crippen molar-refractivity contribution in [2.24, 2.45) is 0 Å². The number of esters is 1. The molecule has 4 rings (SSSR count). The lowest BCUT2D eigenvalue weighted by molar-refractivity contribution is -0.149. The van der Waals surface area contributed by atoms with Crippen LogP contribution in [0, 0.1) is 0 Å². The van der Waals surface area contributed by atoms with Crippen molar-refractivity contribution in [1.29, 1.82) is 0 Å². The molecular formula is C24H20O8. The molecule has 0 spiro atoms. The van der Waals surface area contributed by atoms with Gasteiger partial charge in [-0.1, -0.05) is 30.3 Å². The van der Waals surface area contributed by atoms with E-state index in [0.29, 0.717) is 5.56 Å². The van der Waals surface area contributed by atoms with E-state index in [9.17, 15) is 30.3 Å². The van der Waals surface area contributed by atoms with Gasteiger partial charge in [-0.15, -0.1) is 0 Å². The van der Waals surface area contributed by atoms with E-state index < -0.39 is 35.4 Å². The molecule has 0 fully saturated rings. The number of phenols is 5. The molecule has 3 aromatic rings. The quantitative estimate of drug-likeness (QED) is 0.238. The van der Waals surface area contributed by atoms with E-state index in [1.54, 1.807) is 6.08 Å². The molecule has 2 atom stereocenters. The van der Waals surface area contributed by atoms with E-state index in [4.69, 9.17) is 9.47 Å². The number of benzene rings is 3. The van der Waals surface area contributed by atoms with Crippen LogP contribution in [0.4, 0.5) is 0 Å². The largest absolute Gasteiger partial charge is 0.508 e. The molecule has 0 amide bonds. The van der Waals surface area contributed by atoms with Crippen LogP contribution < -0.4 is 4.74 Å². The van der Waals surface area contributed by atoms with E-state index in [-0.39, 0.29) is 29.2 Å². The van der Waals surface area contributed by atoms with E-state index in [0.717, 1.165) is 11.6 Å². The van der Waals surface area contributed by atoms with Gasteiger partial charge in [0.25, 0.3) is 0 Å². The molecular weight excluding hydrogens is 416 g/mol. The molecule has 2 unspecified atom stereocenters. The Bertz CT molecular complexity index is 1160. The Labute approximate surface area is 182 Å². The summed E-state index contributed by atoms with van der Waals surface area (Å²) in [5.74, 6) is -2.81. The van der Waals surface area contributed by atoms with Crippen molar-refractivity contribution < 1.29 is 39.8 Å². The minimum Gasteiger partial charge on any atom is -0.508 e. The van der Waals surface area contributed by atoms with Crippen molar-refractivity contribution in [3.05, 3.63) is 77.4 Å². The Balaban J connectivity index is 1.66. The zero-order valence-electron chi connectivity index (χ0n) is 16.7. The van der Waals surface area contributed by atoms with Gasteiger partial charge in [-0.05, 0) is 23.8 Å². The lowest BCUT2D eigenvalue weighted by Gasteiger charge is -2.33. The van der Waals surface area contributed by atoms with Crippen LogP contribution in [0.25, 0.3) is 6.08 Å². The molecule has 1 aliphatic rings. The fraction of sp³-hybridized carbons (Fsp3) is 0.125. The molecule has 8 nitrogen and oxygen atoms in total. The highest BCUT2D eigenvalue weighted by Crippen LogP contribution is 2.45. The highest BCUT2D eigenvalue weighted by Gasteiger charge is 2.36. The van der Waals surface area contributed by atoms with Crippen LogP contribution >= 0.6 is 0 Å². The first-order valence-corrected chi connectivity index (χ1v) is 9.72. The molecule has 164 valence electrons. The first-order chi connectivity index (χ1) is 15.3. The number of carbonyl (C=O) groups is 1. The predicted molar refractivity (Wildman–Crippen MR) is 114 cm³/mol. The topological polar surface area (TPSA) is 137 Å². The number of hydrogen-bond acceptors (Lipinski definition) is 8. The Kier molecular flexibility index (Phi) is 5.51. The van der Waals surface area contributed by atoms with Gasteiger partial charge in [-0.25, -0.2) is 4.79 Å². The van der Waals surface area contributed by atoms with Gasteiger partial charge in [-0.2, -0.15) is 0 Å². The summed E-state index contributed by atoms with van der Waals surface area (Å²) in [5, 5.41) is 49.5. The van der Waals surface area contributed by atoms with Crippen LogP contribution in [0.5, 0.6) is 34.5 Å². The minimum atomic E-state index is -1.00. The molecule has 1 heterocycles. The summed E-state index contributed by atoms with van der Waals surface area (Å²) in [5.41, 5.74) is 1.35. The second kappa shape index (κ2) is 8.43. The van der Waals surface area contributed by atoms with Crippen molar-refractivity contribution in [3.8, 4) is 34.5 Å². The molecule has 0 aliphatic carbocycles. The summed E-state index contributed by atoms with van der Waals surface area (Å²) in [6, 6.07) is 13.9. The Morgan fingerprint density at radius 2 is 1.62 bits per heavy atom. The molecule has 8 heteroatoms. The molecule has 0 saturated carbocycles. The number of hydrogen-bond donors (Lipinski definition) is 5. The SMILES string of the molecule is O=C(C=Cc1ccccc1)OC1Cc2c(O)cc(O)cc2OC1c1cc(O)c(O)c(O)c1. The maximum Gasteiger partial charge on any atom is 0.331 e. The zero-order valence-corrected chi connectivity index (χ0v) is 16.7. The van der Waals surface area contributed by atoms with Gasteiger partial charge < -0.3 is 35.0 Å². The molecule has 0 aromatic heterocycles. The van der Waals surface area contributed by atoms with Crippen LogP contribution in [0.2, 0.25) is 0 Å². The van der Waals surface area contributed by atoms with Gasteiger partial charge in [0.05, 0.1) is 0 Å². The normalized spacial score (nSPS) is 17.5. The van der Waals surface area contributed by atoms with Gasteiger partial charge in [-0.3, -0.25) is 0 Å². The fourth-order valence-corrected chi connectivity index (χ4v) is 3.54. The smallest absolute Gasteiger partial charge is 0.331 e. The van der Waals surface area contributed by atoms with Gasteiger partial charge in [0.2, 0.25) is 0 Å². The summed E-state index contributed by atoms with van der Waals surface area (Å²) in [6.45, 7) is 0. The lowest BCUT2D eigenvalue weighted by atomic mass is 9.93. The van der Waals surface area contributed by atoms with Gasteiger partial charge in [0.15, 0.2) is 23.4 Å². The van der Waals surface area contributed by atoms with E-state index in [1.807, 2.05) is 30.3 Å². The number of aromatic hydroxyl groups is 5. The van der Waals surface area contributed by atoms with Crippen molar-refractivity contribution in [1.82, 2.24) is 0 Å². The second-order valence-electron chi connectivity index (χ2n) is 7.31. The summed E-state index contributed by atoms with van der Waals surface area (Å²) < 4.78 is 11.5. The van der Waals surface area contributed by atoms with Gasteiger partial charge in [0.1, 0.15) is 23.4 Å². The van der Waals surface area contributed by atoms with Gasteiger partial charge in [0, 0.05) is 35.8 Å². The van der Waals surface area contributed by atoms with Crippen molar-refractivity contribution >= 4 is 12.0 Å². The zero-order chi connectivity index (χ0) is 22.8. The minimum absolute atomic E-state index is 0.0411. The van der Waals surface area contributed by atoms with Crippen LogP contribution in [0.3, 0.4) is 0 Å². The van der Waals surface area contributed by atoms with Crippen molar-refractivity contribution in [2.45, 2.75) is 18.6 Å². The third-order valence-electron chi connectivity index (χ3n) is 5.07. The van der Waals surface area contributed by atoms with Crippen LogP contribution in [0.15, 0.2) is 60.7 Å². The van der Waals surface area contributed by atoms with Gasteiger partial charge >= 0.3 is 5.97 Å². The highest BCUT2D eigenvalue weighted by atomic mass is 16.6. The molecule has 0 saturated heterocycles. The monoisotopic (exact) mass is 436 g/mol. The highest BCUT2D eigenvalue weighted by molar-refractivity contribution is 5.87. The summed E-state index contributed by atoms with van der Waals surface area (Å²) in [6.07, 6.45) is 0.927. The Hall–Kier alpha value is -4.33. The first kappa shape index (κ1) is 20.9. The first-order valence-electron chi connectivity index (χ1n) is 9.72. The number of fused-ring (bicyclic) bond motifs is 1. The predicted octanol–water partition coefficient (Wildman–Crippen LogP) is 3.52. The molecule has 5 N–H and O–H groups in total. The van der Waals surface area contributed by atoms with Crippen molar-refractivity contribution in [3.63, 3.8) is 0 Å². The second-order valence-corrected chi connectivity index (χ2v) is 7.31. The third-order valence-corrected chi connectivity index (χ3v) is 5.07. The van der Waals surface area contributed by atoms with Crippen molar-refractivity contribution in [2.75, 3.05) is 0 Å². The fourth-order valence-electron chi connectivity index (χ4n) is 3.54. The number of phenolic OH excluding ortho intramolecular Hbond substituents is 5. The third kappa shape index (κ3) is 4.24. The Morgan fingerprint density at radius 1 is 0.938 bits per heavy atom. The summed E-state index contributed by atoms with van der Waals surface area (Å²) in [4.78, 5) is 12.5. The average molecular weight is 436 g/mol. The molecule has 32 heavy (non-hydrogen) atoms. The number of carbonyl (C=O) groups excluding carboxylic acids is 1. The van der Waals surface area contributed by atoms with E-state index >= 15 is 0 Å². The summed E-state index contributed by atoms with van der Waals surface area (Å²) >= 11 is 0. The van der Waals surface area contributed by atoms with Crippen LogP contribution in [0.1, 0.15) is 22.8 Å². The molecule has 1 aliphatic heterocycles.